The molecule has 1 aromatic heterocycles. The summed E-state index contributed by atoms with van der Waals surface area (Å²) in [7, 11) is -7.14. The van der Waals surface area contributed by atoms with Crippen molar-refractivity contribution in [3.63, 3.8) is 0 Å². The van der Waals surface area contributed by atoms with Gasteiger partial charge in [0.1, 0.15) is 4.21 Å². The minimum Gasteiger partial charge on any atom is -0.269 e. The summed E-state index contributed by atoms with van der Waals surface area (Å²) in [6.45, 7) is 3.70. The van der Waals surface area contributed by atoms with Crippen LogP contribution in [0.3, 0.4) is 0 Å². The third-order valence-corrected chi connectivity index (χ3v) is 7.43. The first-order valence-corrected chi connectivity index (χ1v) is 11.3. The number of sulfonamides is 2. The number of aryl methyl sites for hydroxylation is 2. The highest BCUT2D eigenvalue weighted by atomic mass is 32.2. The molecule has 2 rings (SSSR count). The van der Waals surface area contributed by atoms with E-state index >= 15 is 0 Å². The fourth-order valence-electron chi connectivity index (χ4n) is 2.18. The Morgan fingerprint density at radius 2 is 1.79 bits per heavy atom. The lowest BCUT2D eigenvalue weighted by Crippen LogP contribution is -2.38. The van der Waals surface area contributed by atoms with Gasteiger partial charge in [0.25, 0.3) is 0 Å². The average Bonchev–Trinajstić information content (AvgIpc) is 2.90. The molecule has 0 bridgehead atoms. The molecular weight excluding hydrogens is 368 g/mol. The second-order valence-electron chi connectivity index (χ2n) is 5.44. The molecule has 132 valence electrons. The first-order chi connectivity index (χ1) is 11.1. The van der Waals surface area contributed by atoms with Crippen LogP contribution in [-0.2, 0) is 20.0 Å². The van der Waals surface area contributed by atoms with Crippen LogP contribution in [0.5, 0.6) is 0 Å². The Morgan fingerprint density at radius 3 is 2.33 bits per heavy atom. The molecule has 0 aliphatic rings. The van der Waals surface area contributed by atoms with Crippen molar-refractivity contribution in [1.29, 1.82) is 0 Å². The van der Waals surface area contributed by atoms with Gasteiger partial charge in [-0.25, -0.2) is 21.6 Å². The van der Waals surface area contributed by atoms with Gasteiger partial charge < -0.3 is 0 Å². The van der Waals surface area contributed by atoms with E-state index < -0.39 is 20.0 Å². The van der Waals surface area contributed by atoms with Gasteiger partial charge in [-0.3, -0.25) is 4.31 Å². The van der Waals surface area contributed by atoms with Crippen LogP contribution in [0, 0.1) is 13.8 Å². The predicted molar refractivity (Wildman–Crippen MR) is 97.6 cm³/mol. The van der Waals surface area contributed by atoms with Crippen molar-refractivity contribution in [2.75, 3.05) is 23.7 Å². The van der Waals surface area contributed by atoms with Crippen molar-refractivity contribution in [2.24, 2.45) is 0 Å². The first kappa shape index (κ1) is 18.9. The Balaban J connectivity index is 2.12. The Morgan fingerprint density at radius 1 is 1.08 bits per heavy atom. The molecular formula is C15H20N2O4S3. The summed E-state index contributed by atoms with van der Waals surface area (Å²) in [5.41, 5.74) is 1.44. The number of benzene rings is 1. The number of rotatable bonds is 7. The highest BCUT2D eigenvalue weighted by molar-refractivity contribution is 7.92. The largest absolute Gasteiger partial charge is 0.269 e. The summed E-state index contributed by atoms with van der Waals surface area (Å²) >= 11 is 1.18. The molecule has 0 atom stereocenters. The quantitative estimate of drug-likeness (QED) is 0.787. The maximum atomic E-state index is 12.2. The number of thiophene rings is 1. The molecule has 0 radical (unpaired) electrons. The number of hydrogen-bond donors (Lipinski definition) is 1. The number of nitrogens with zero attached hydrogens (tertiary/aromatic N) is 1. The van der Waals surface area contributed by atoms with Gasteiger partial charge in [0.2, 0.25) is 20.0 Å². The zero-order chi connectivity index (χ0) is 18.0. The van der Waals surface area contributed by atoms with Gasteiger partial charge in [0.15, 0.2) is 0 Å². The van der Waals surface area contributed by atoms with Crippen molar-refractivity contribution in [3.05, 3.63) is 46.8 Å². The van der Waals surface area contributed by atoms with Crippen LogP contribution in [0.15, 0.2) is 40.6 Å². The zero-order valence-electron chi connectivity index (χ0n) is 13.7. The van der Waals surface area contributed by atoms with E-state index in [0.29, 0.717) is 5.69 Å². The van der Waals surface area contributed by atoms with Gasteiger partial charge in [-0.2, -0.15) is 0 Å². The van der Waals surface area contributed by atoms with E-state index in [4.69, 9.17) is 0 Å². The van der Waals surface area contributed by atoms with E-state index in [1.165, 1.54) is 21.7 Å². The Kier molecular flexibility index (Phi) is 5.69. The number of nitrogens with one attached hydrogen (secondary N) is 1. The van der Waals surface area contributed by atoms with Gasteiger partial charge >= 0.3 is 0 Å². The summed E-state index contributed by atoms with van der Waals surface area (Å²) in [6.07, 6.45) is 1.10. The van der Waals surface area contributed by atoms with E-state index in [0.717, 1.165) is 16.7 Å². The molecule has 6 nitrogen and oxygen atoms in total. The standard InChI is InChI=1S/C15H20N2O4S3/c1-12-5-4-6-14(11-12)17(23(3,18)19)10-9-16-24(20,21)15-8-7-13(2)22-15/h4-8,11,16H,9-10H2,1-3H3. The molecule has 0 aliphatic heterocycles. The predicted octanol–water partition coefficient (Wildman–Crippen LogP) is 2.11. The first-order valence-electron chi connectivity index (χ1n) is 7.20. The van der Waals surface area contributed by atoms with Crippen LogP contribution in [0.1, 0.15) is 10.4 Å². The molecule has 9 heteroatoms. The molecule has 0 fully saturated rings. The molecule has 1 heterocycles. The van der Waals surface area contributed by atoms with Crippen molar-refractivity contribution in [2.45, 2.75) is 18.1 Å². The SMILES string of the molecule is Cc1cccc(N(CCNS(=O)(=O)c2ccc(C)s2)S(C)(=O)=O)c1. The molecule has 0 unspecified atom stereocenters. The molecule has 24 heavy (non-hydrogen) atoms. The summed E-state index contributed by atoms with van der Waals surface area (Å²) in [5.74, 6) is 0. The minimum atomic E-state index is -3.62. The van der Waals surface area contributed by atoms with Crippen LogP contribution in [0.2, 0.25) is 0 Å². The lowest BCUT2D eigenvalue weighted by atomic mass is 10.2. The third-order valence-electron chi connectivity index (χ3n) is 3.28. The van der Waals surface area contributed by atoms with Crippen LogP contribution in [0.4, 0.5) is 5.69 Å². The molecule has 0 spiro atoms. The van der Waals surface area contributed by atoms with Crippen molar-refractivity contribution < 1.29 is 16.8 Å². The molecule has 1 N–H and O–H groups in total. The lowest BCUT2D eigenvalue weighted by Gasteiger charge is -2.22. The average molecular weight is 389 g/mol. The highest BCUT2D eigenvalue weighted by Crippen LogP contribution is 2.21. The van der Waals surface area contributed by atoms with Crippen LogP contribution < -0.4 is 9.03 Å². The van der Waals surface area contributed by atoms with Crippen LogP contribution in [-0.4, -0.2) is 36.2 Å². The summed E-state index contributed by atoms with van der Waals surface area (Å²) in [4.78, 5) is 0.896. The normalized spacial score (nSPS) is 12.3. The molecule has 0 amide bonds. The Labute approximate surface area is 147 Å². The van der Waals surface area contributed by atoms with E-state index in [1.807, 2.05) is 19.9 Å². The fraction of sp³-hybridized carbons (Fsp3) is 0.333. The smallest absolute Gasteiger partial charge is 0.250 e. The van der Waals surface area contributed by atoms with Crippen molar-refractivity contribution in [3.8, 4) is 0 Å². The minimum absolute atomic E-state index is 0.0136. The van der Waals surface area contributed by atoms with Gasteiger partial charge in [0, 0.05) is 18.0 Å². The van der Waals surface area contributed by atoms with Gasteiger partial charge in [-0.15, -0.1) is 11.3 Å². The monoisotopic (exact) mass is 388 g/mol. The molecule has 0 saturated heterocycles. The van der Waals surface area contributed by atoms with Crippen LogP contribution >= 0.6 is 11.3 Å². The van der Waals surface area contributed by atoms with Crippen molar-refractivity contribution in [1.82, 2.24) is 4.72 Å². The summed E-state index contributed by atoms with van der Waals surface area (Å²) in [5, 5.41) is 0. The highest BCUT2D eigenvalue weighted by Gasteiger charge is 2.20. The van der Waals surface area contributed by atoms with E-state index in [-0.39, 0.29) is 17.3 Å². The van der Waals surface area contributed by atoms with Crippen LogP contribution in [0.25, 0.3) is 0 Å². The Bertz CT molecular complexity index is 918. The van der Waals surface area contributed by atoms with Gasteiger partial charge in [0.05, 0.1) is 11.9 Å². The maximum absolute atomic E-state index is 12.2. The molecule has 0 saturated carbocycles. The third kappa shape index (κ3) is 4.79. The zero-order valence-corrected chi connectivity index (χ0v) is 16.1. The number of anilines is 1. The summed E-state index contributed by atoms with van der Waals surface area (Å²) < 4.78 is 52.3. The molecule has 2 aromatic rings. The topological polar surface area (TPSA) is 83.6 Å². The van der Waals surface area contributed by atoms with E-state index in [9.17, 15) is 16.8 Å². The van der Waals surface area contributed by atoms with Gasteiger partial charge in [-0.1, -0.05) is 12.1 Å². The Hall–Kier alpha value is -1.42. The maximum Gasteiger partial charge on any atom is 0.250 e. The van der Waals surface area contributed by atoms with Crippen molar-refractivity contribution >= 4 is 37.1 Å². The van der Waals surface area contributed by atoms with E-state index in [2.05, 4.69) is 4.72 Å². The molecule has 1 aromatic carbocycles. The summed E-state index contributed by atoms with van der Waals surface area (Å²) in [6, 6.07) is 10.3. The van der Waals surface area contributed by atoms with Gasteiger partial charge in [-0.05, 0) is 43.7 Å². The lowest BCUT2D eigenvalue weighted by molar-refractivity contribution is 0.580. The second kappa shape index (κ2) is 7.22. The second-order valence-corrected chi connectivity index (χ2v) is 10.6. The van der Waals surface area contributed by atoms with E-state index in [1.54, 1.807) is 24.3 Å². The molecule has 0 aliphatic carbocycles. The number of hydrogen-bond acceptors (Lipinski definition) is 5. The fourth-order valence-corrected chi connectivity index (χ4v) is 5.45.